The minimum atomic E-state index is -4.16. The summed E-state index contributed by atoms with van der Waals surface area (Å²) in [6.45, 7) is 6.11. The summed E-state index contributed by atoms with van der Waals surface area (Å²) in [5.41, 5.74) is 0.944. The van der Waals surface area contributed by atoms with Gasteiger partial charge in [-0.1, -0.05) is 23.7 Å². The molecule has 2 aromatic rings. The molecule has 0 unspecified atom stereocenters. The highest BCUT2D eigenvalue weighted by Crippen LogP contribution is 2.21. The predicted molar refractivity (Wildman–Crippen MR) is 104 cm³/mol. The molecule has 1 aromatic heterocycles. The monoisotopic (exact) mass is 428 g/mol. The van der Waals surface area contributed by atoms with E-state index in [0.29, 0.717) is 24.6 Å². The largest absolute Gasteiger partial charge is 0.347 e. The van der Waals surface area contributed by atoms with Crippen molar-refractivity contribution in [1.29, 1.82) is 0 Å². The minimum Gasteiger partial charge on any atom is -0.347 e. The van der Waals surface area contributed by atoms with Gasteiger partial charge in [0.2, 0.25) is 12.2 Å². The van der Waals surface area contributed by atoms with E-state index in [0.717, 1.165) is 0 Å². The molecule has 9 nitrogen and oxygen atoms in total. The molecule has 0 fully saturated rings. The van der Waals surface area contributed by atoms with Crippen molar-refractivity contribution in [3.63, 3.8) is 0 Å². The van der Waals surface area contributed by atoms with Crippen molar-refractivity contribution in [3.8, 4) is 0 Å². The van der Waals surface area contributed by atoms with E-state index >= 15 is 0 Å². The number of anilines is 1. The van der Waals surface area contributed by atoms with E-state index in [2.05, 4.69) is 15.3 Å². The highest BCUT2D eigenvalue weighted by molar-refractivity contribution is 7.90. The lowest BCUT2D eigenvalue weighted by atomic mass is 10.3. The van der Waals surface area contributed by atoms with E-state index in [1.807, 2.05) is 18.6 Å². The van der Waals surface area contributed by atoms with Gasteiger partial charge in [-0.15, -0.1) is 0 Å². The molecule has 0 atom stereocenters. The molecule has 2 amide bonds. The molecule has 2 N–H and O–H groups in total. The Morgan fingerprint density at radius 3 is 2.43 bits per heavy atom. The summed E-state index contributed by atoms with van der Waals surface area (Å²) < 4.78 is 37.5. The molecule has 11 heteroatoms. The Kier molecular flexibility index (Phi) is 7.69. The maximum Gasteiger partial charge on any atom is 0.335 e. The number of amides is 2. The van der Waals surface area contributed by atoms with E-state index in [-0.39, 0.29) is 15.9 Å². The molecule has 1 aromatic carbocycles. The van der Waals surface area contributed by atoms with Crippen molar-refractivity contribution < 1.29 is 22.7 Å². The fourth-order valence-corrected chi connectivity index (χ4v) is 3.69. The summed E-state index contributed by atoms with van der Waals surface area (Å²) in [5, 5.41) is 2.30. The normalized spacial score (nSPS) is 11.5. The van der Waals surface area contributed by atoms with Gasteiger partial charge in [-0.25, -0.2) is 27.9 Å². The molecule has 2 rings (SSSR count). The zero-order chi connectivity index (χ0) is 20.7. The third-order valence-electron chi connectivity index (χ3n) is 3.33. The van der Waals surface area contributed by atoms with Gasteiger partial charge in [-0.2, -0.15) is 0 Å². The van der Waals surface area contributed by atoms with Crippen LogP contribution < -0.4 is 10.0 Å². The van der Waals surface area contributed by atoms with Gasteiger partial charge in [0.15, 0.2) is 0 Å². The Balaban J connectivity index is 2.18. The fourth-order valence-electron chi connectivity index (χ4n) is 2.26. The number of nitrogens with one attached hydrogen (secondary N) is 2. The van der Waals surface area contributed by atoms with Crippen LogP contribution in [-0.4, -0.2) is 37.6 Å². The number of ether oxygens (including phenoxy) is 2. The Morgan fingerprint density at radius 1 is 1.18 bits per heavy atom. The molecule has 1 heterocycles. The summed E-state index contributed by atoms with van der Waals surface area (Å²) >= 11 is 5.88. The highest BCUT2D eigenvalue weighted by atomic mass is 35.5. The number of sulfonamides is 1. The SMILES string of the molecule is CCOC(OCC)c1cc(C)nc(NC(=O)NS(=O)(=O)c2ccccc2Cl)n1. The molecule has 0 aliphatic heterocycles. The van der Waals surface area contributed by atoms with Crippen molar-refractivity contribution in [2.24, 2.45) is 0 Å². The zero-order valence-corrected chi connectivity index (χ0v) is 17.2. The van der Waals surface area contributed by atoms with Crippen LogP contribution in [0.3, 0.4) is 0 Å². The number of carbonyl (C=O) groups excluding carboxylic acids is 1. The first-order chi connectivity index (χ1) is 13.3. The van der Waals surface area contributed by atoms with Crippen LogP contribution >= 0.6 is 11.6 Å². The van der Waals surface area contributed by atoms with E-state index in [9.17, 15) is 13.2 Å². The molecule has 0 aliphatic rings. The van der Waals surface area contributed by atoms with Gasteiger partial charge in [-0.3, -0.25) is 5.32 Å². The number of hydrogen-bond donors (Lipinski definition) is 2. The molecule has 28 heavy (non-hydrogen) atoms. The van der Waals surface area contributed by atoms with E-state index in [1.165, 1.54) is 18.2 Å². The minimum absolute atomic E-state index is 0.00633. The van der Waals surface area contributed by atoms with Crippen LogP contribution in [0.4, 0.5) is 10.7 Å². The van der Waals surface area contributed by atoms with Crippen molar-refractivity contribution in [1.82, 2.24) is 14.7 Å². The number of benzene rings is 1. The molecule has 0 saturated carbocycles. The zero-order valence-electron chi connectivity index (χ0n) is 15.6. The smallest absolute Gasteiger partial charge is 0.335 e. The lowest BCUT2D eigenvalue weighted by Gasteiger charge is -2.17. The van der Waals surface area contributed by atoms with Crippen molar-refractivity contribution in [2.75, 3.05) is 18.5 Å². The second-order valence-corrected chi connectivity index (χ2v) is 7.55. The summed E-state index contributed by atoms with van der Waals surface area (Å²) in [4.78, 5) is 20.2. The third kappa shape index (κ3) is 5.86. The van der Waals surface area contributed by atoms with Crippen LogP contribution in [0, 0.1) is 6.92 Å². The molecule has 0 saturated heterocycles. The van der Waals surface area contributed by atoms with Crippen LogP contribution in [0.25, 0.3) is 0 Å². The third-order valence-corrected chi connectivity index (χ3v) is 5.16. The highest BCUT2D eigenvalue weighted by Gasteiger charge is 2.22. The maximum absolute atomic E-state index is 12.3. The van der Waals surface area contributed by atoms with Crippen LogP contribution in [0.2, 0.25) is 5.02 Å². The number of nitrogens with zero attached hydrogens (tertiary/aromatic N) is 2. The second-order valence-electron chi connectivity index (χ2n) is 5.49. The second kappa shape index (κ2) is 9.78. The van der Waals surface area contributed by atoms with Crippen molar-refractivity contribution in [3.05, 3.63) is 46.7 Å². The van der Waals surface area contributed by atoms with Crippen LogP contribution in [0.5, 0.6) is 0 Å². The quantitative estimate of drug-likeness (QED) is 0.620. The molecule has 0 radical (unpaired) electrons. The van der Waals surface area contributed by atoms with E-state index in [4.69, 9.17) is 21.1 Å². The number of rotatable bonds is 8. The van der Waals surface area contributed by atoms with Crippen LogP contribution in [0.15, 0.2) is 35.2 Å². The van der Waals surface area contributed by atoms with E-state index in [1.54, 1.807) is 19.1 Å². The first-order valence-corrected chi connectivity index (χ1v) is 10.3. The van der Waals surface area contributed by atoms with Gasteiger partial charge in [0.1, 0.15) is 10.6 Å². The number of urea groups is 1. The molecular formula is C17H21ClN4O5S. The first kappa shape index (κ1) is 22.0. The number of aryl methyl sites for hydroxylation is 1. The summed E-state index contributed by atoms with van der Waals surface area (Å²) in [6.07, 6.45) is -0.729. The van der Waals surface area contributed by atoms with Crippen LogP contribution in [-0.2, 0) is 19.5 Å². The van der Waals surface area contributed by atoms with Gasteiger partial charge in [0.25, 0.3) is 10.0 Å². The maximum atomic E-state index is 12.3. The summed E-state index contributed by atoms with van der Waals surface area (Å²) in [5.74, 6) is -0.0914. The topological polar surface area (TPSA) is 120 Å². The van der Waals surface area contributed by atoms with Gasteiger partial charge in [-0.05, 0) is 39.0 Å². The Labute approximate surface area is 168 Å². The Morgan fingerprint density at radius 2 is 1.82 bits per heavy atom. The predicted octanol–water partition coefficient (Wildman–Crippen LogP) is 3.02. The van der Waals surface area contributed by atoms with Gasteiger partial charge < -0.3 is 9.47 Å². The molecule has 0 aliphatic carbocycles. The fraction of sp³-hybridized carbons (Fsp3) is 0.353. The Bertz CT molecular complexity index is 933. The average molecular weight is 429 g/mol. The first-order valence-electron chi connectivity index (χ1n) is 8.44. The lowest BCUT2D eigenvalue weighted by molar-refractivity contribution is -0.142. The van der Waals surface area contributed by atoms with Gasteiger partial charge in [0, 0.05) is 18.9 Å². The average Bonchev–Trinajstić information content (AvgIpc) is 2.60. The Hall–Kier alpha value is -2.27. The number of hydrogen-bond acceptors (Lipinski definition) is 7. The molecular weight excluding hydrogens is 408 g/mol. The van der Waals surface area contributed by atoms with Crippen molar-refractivity contribution >= 4 is 33.6 Å². The summed E-state index contributed by atoms with van der Waals surface area (Å²) in [6, 6.07) is 6.40. The molecule has 0 bridgehead atoms. The number of aromatic nitrogens is 2. The van der Waals surface area contributed by atoms with E-state index < -0.39 is 22.3 Å². The number of carbonyl (C=O) groups is 1. The molecule has 0 spiro atoms. The standard InChI is InChI=1S/C17H21ClN4O5S/c1-4-26-15(27-5-2)13-10-11(3)19-16(20-13)21-17(23)22-28(24,25)14-9-7-6-8-12(14)18/h6-10,15H,4-5H2,1-3H3,(H2,19,20,21,22,23). The molecule has 152 valence electrons. The van der Waals surface area contributed by atoms with Gasteiger partial charge in [0.05, 0.1) is 5.02 Å². The number of halogens is 1. The lowest BCUT2D eigenvalue weighted by Crippen LogP contribution is -2.35. The van der Waals surface area contributed by atoms with Crippen molar-refractivity contribution in [2.45, 2.75) is 32.0 Å². The van der Waals surface area contributed by atoms with Crippen LogP contribution in [0.1, 0.15) is 31.5 Å². The van der Waals surface area contributed by atoms with Gasteiger partial charge >= 0.3 is 6.03 Å². The summed E-state index contributed by atoms with van der Waals surface area (Å²) in [7, 11) is -4.16.